The van der Waals surface area contributed by atoms with Crippen molar-refractivity contribution in [3.05, 3.63) is 44.2 Å². The standard InChI is InChI=1S/C17H23N/c1-7-15-14(6)16(8-9-18)12(4)13(5)17(15)10-11(2)3/h7-8,10H,2,6,9,18H2,1,3-5H3/b15-7-,16-8-,17-10-. The maximum absolute atomic E-state index is 5.64. The Morgan fingerprint density at radius 3 is 2.17 bits per heavy atom. The van der Waals surface area contributed by atoms with Gasteiger partial charge in [0.25, 0.3) is 0 Å². The zero-order valence-corrected chi connectivity index (χ0v) is 11.9. The lowest BCUT2D eigenvalue weighted by Crippen LogP contribution is -2.50. The van der Waals surface area contributed by atoms with E-state index < -0.39 is 0 Å². The van der Waals surface area contributed by atoms with Gasteiger partial charge in [0.2, 0.25) is 0 Å². The quantitative estimate of drug-likeness (QED) is 0.807. The van der Waals surface area contributed by atoms with Crippen LogP contribution in [-0.2, 0) is 0 Å². The molecular weight excluding hydrogens is 218 g/mol. The van der Waals surface area contributed by atoms with Gasteiger partial charge in [-0.1, -0.05) is 37.0 Å². The van der Waals surface area contributed by atoms with Crippen LogP contribution in [0, 0.1) is 13.8 Å². The molecule has 0 atom stereocenters. The van der Waals surface area contributed by atoms with Crippen LogP contribution in [0.25, 0.3) is 24.8 Å². The molecular formula is C17H23N. The van der Waals surface area contributed by atoms with Crippen molar-refractivity contribution in [2.45, 2.75) is 27.7 Å². The Morgan fingerprint density at radius 1 is 1.17 bits per heavy atom. The van der Waals surface area contributed by atoms with E-state index in [9.17, 15) is 0 Å². The van der Waals surface area contributed by atoms with E-state index in [0.717, 1.165) is 10.8 Å². The lowest BCUT2D eigenvalue weighted by Gasteiger charge is -2.06. The molecule has 1 aromatic carbocycles. The minimum absolute atomic E-state index is 0.537. The van der Waals surface area contributed by atoms with Crippen LogP contribution in [0.15, 0.2) is 12.2 Å². The number of rotatable bonds is 2. The minimum Gasteiger partial charge on any atom is -0.327 e. The minimum atomic E-state index is 0.537. The summed E-state index contributed by atoms with van der Waals surface area (Å²) in [4.78, 5) is 0. The first-order valence-corrected chi connectivity index (χ1v) is 6.26. The van der Waals surface area contributed by atoms with Crippen LogP contribution < -0.4 is 26.6 Å². The molecule has 1 aromatic rings. The summed E-state index contributed by atoms with van der Waals surface area (Å²) in [6.45, 7) is 17.0. The van der Waals surface area contributed by atoms with Crippen LogP contribution in [0.5, 0.6) is 0 Å². The molecule has 1 heteroatoms. The summed E-state index contributed by atoms with van der Waals surface area (Å²) in [5, 5.41) is 4.63. The number of benzene rings is 1. The normalized spacial score (nSPS) is 14.4. The molecule has 0 spiro atoms. The largest absolute Gasteiger partial charge is 0.327 e. The van der Waals surface area contributed by atoms with Crippen molar-refractivity contribution in [3.8, 4) is 0 Å². The number of hydrogen-bond acceptors (Lipinski definition) is 1. The molecule has 0 aliphatic heterocycles. The first-order valence-electron chi connectivity index (χ1n) is 6.26. The molecule has 0 saturated carbocycles. The average Bonchev–Trinajstić information content (AvgIpc) is 2.31. The summed E-state index contributed by atoms with van der Waals surface area (Å²) in [5.74, 6) is 0. The van der Waals surface area contributed by atoms with E-state index >= 15 is 0 Å². The fraction of sp³-hybridized carbons (Fsp3) is 0.294. The third-order valence-corrected chi connectivity index (χ3v) is 3.31. The molecule has 0 heterocycles. The van der Waals surface area contributed by atoms with Crippen LogP contribution in [0.1, 0.15) is 25.0 Å². The van der Waals surface area contributed by atoms with Gasteiger partial charge >= 0.3 is 0 Å². The summed E-state index contributed by atoms with van der Waals surface area (Å²) >= 11 is 0. The van der Waals surface area contributed by atoms with Crippen molar-refractivity contribution in [1.82, 2.24) is 0 Å². The van der Waals surface area contributed by atoms with Crippen molar-refractivity contribution >= 4 is 24.8 Å². The van der Waals surface area contributed by atoms with Crippen LogP contribution in [0.4, 0.5) is 0 Å². The summed E-state index contributed by atoms with van der Waals surface area (Å²) < 4.78 is 0. The Balaban J connectivity index is 4.11. The Labute approximate surface area is 109 Å². The molecule has 0 bridgehead atoms. The van der Waals surface area contributed by atoms with Gasteiger partial charge in [-0.05, 0) is 59.7 Å². The van der Waals surface area contributed by atoms with E-state index in [-0.39, 0.29) is 0 Å². The molecule has 0 aliphatic rings. The molecule has 96 valence electrons. The SMILES string of the molecule is C=C(C)/C=c1/c(C)c(C)/c(=C/CN)c(=C)/c1=C/C. The van der Waals surface area contributed by atoms with E-state index in [1.807, 2.05) is 19.9 Å². The summed E-state index contributed by atoms with van der Waals surface area (Å²) in [5.41, 5.74) is 9.22. The molecule has 1 nitrogen and oxygen atoms in total. The monoisotopic (exact) mass is 241 g/mol. The molecule has 0 fully saturated rings. The van der Waals surface area contributed by atoms with Crippen molar-refractivity contribution in [1.29, 1.82) is 0 Å². The molecule has 0 aromatic heterocycles. The van der Waals surface area contributed by atoms with E-state index in [1.54, 1.807) is 0 Å². The Bertz CT molecular complexity index is 691. The third-order valence-electron chi connectivity index (χ3n) is 3.31. The first kappa shape index (κ1) is 14.5. The van der Waals surface area contributed by atoms with Crippen LogP contribution in [0.3, 0.4) is 0 Å². The summed E-state index contributed by atoms with van der Waals surface area (Å²) in [7, 11) is 0. The van der Waals surface area contributed by atoms with E-state index in [4.69, 9.17) is 5.73 Å². The predicted molar refractivity (Wildman–Crippen MR) is 82.9 cm³/mol. The second-order valence-corrected chi connectivity index (χ2v) is 4.69. The highest BCUT2D eigenvalue weighted by atomic mass is 14.5. The lowest BCUT2D eigenvalue weighted by atomic mass is 9.99. The molecule has 2 N–H and O–H groups in total. The topological polar surface area (TPSA) is 26.0 Å². The third kappa shape index (κ3) is 2.62. The molecule has 18 heavy (non-hydrogen) atoms. The Morgan fingerprint density at radius 2 is 1.72 bits per heavy atom. The van der Waals surface area contributed by atoms with Gasteiger partial charge in [0, 0.05) is 6.54 Å². The maximum atomic E-state index is 5.64. The van der Waals surface area contributed by atoms with Gasteiger partial charge in [0.1, 0.15) is 0 Å². The van der Waals surface area contributed by atoms with Gasteiger partial charge in [0.05, 0.1) is 0 Å². The van der Waals surface area contributed by atoms with Crippen LogP contribution >= 0.6 is 0 Å². The highest BCUT2D eigenvalue weighted by Gasteiger charge is 2.01. The molecule has 0 saturated heterocycles. The van der Waals surface area contributed by atoms with Gasteiger partial charge < -0.3 is 5.73 Å². The zero-order valence-electron chi connectivity index (χ0n) is 11.9. The highest BCUT2D eigenvalue weighted by Crippen LogP contribution is 1.93. The van der Waals surface area contributed by atoms with Crippen molar-refractivity contribution in [2.75, 3.05) is 6.54 Å². The Kier molecular flexibility index (Phi) is 4.69. The maximum Gasteiger partial charge on any atom is 0.0116 e. The first-order chi connectivity index (χ1) is 8.43. The highest BCUT2D eigenvalue weighted by molar-refractivity contribution is 5.50. The van der Waals surface area contributed by atoms with Gasteiger partial charge in [-0.25, -0.2) is 0 Å². The second kappa shape index (κ2) is 5.83. The van der Waals surface area contributed by atoms with Gasteiger partial charge in [-0.3, -0.25) is 0 Å². The van der Waals surface area contributed by atoms with Crippen molar-refractivity contribution in [2.24, 2.45) is 5.73 Å². The number of allylic oxidation sites excluding steroid dienone is 1. The Hall–Kier alpha value is -1.60. The van der Waals surface area contributed by atoms with Crippen molar-refractivity contribution < 1.29 is 0 Å². The number of nitrogens with two attached hydrogens (primary N) is 1. The summed E-state index contributed by atoms with van der Waals surface area (Å²) in [6, 6.07) is 0. The molecule has 0 radical (unpaired) electrons. The van der Waals surface area contributed by atoms with Crippen LogP contribution in [0.2, 0.25) is 0 Å². The van der Waals surface area contributed by atoms with Crippen LogP contribution in [-0.4, -0.2) is 6.54 Å². The fourth-order valence-electron chi connectivity index (χ4n) is 2.30. The lowest BCUT2D eigenvalue weighted by molar-refractivity contribution is 1.20. The zero-order chi connectivity index (χ0) is 13.9. The van der Waals surface area contributed by atoms with E-state index in [2.05, 4.69) is 39.2 Å². The second-order valence-electron chi connectivity index (χ2n) is 4.69. The van der Waals surface area contributed by atoms with Gasteiger partial charge in [-0.15, -0.1) is 0 Å². The molecule has 0 aliphatic carbocycles. The molecule has 1 rings (SSSR count). The smallest absolute Gasteiger partial charge is 0.0116 e. The molecule has 0 unspecified atom stereocenters. The summed E-state index contributed by atoms with van der Waals surface area (Å²) in [6.07, 6.45) is 6.28. The average molecular weight is 241 g/mol. The van der Waals surface area contributed by atoms with Gasteiger partial charge in [0.15, 0.2) is 0 Å². The van der Waals surface area contributed by atoms with Crippen molar-refractivity contribution in [3.63, 3.8) is 0 Å². The predicted octanol–water partition coefficient (Wildman–Crippen LogP) is 0.610. The van der Waals surface area contributed by atoms with Gasteiger partial charge in [-0.2, -0.15) is 0 Å². The number of hydrogen-bond donors (Lipinski definition) is 1. The van der Waals surface area contributed by atoms with E-state index in [0.29, 0.717) is 6.54 Å². The molecule has 0 amide bonds. The van der Waals surface area contributed by atoms with E-state index in [1.165, 1.54) is 26.8 Å². The fourth-order valence-corrected chi connectivity index (χ4v) is 2.30.